The van der Waals surface area contributed by atoms with E-state index in [2.05, 4.69) is 5.10 Å². The Kier molecular flexibility index (Phi) is 3.76. The van der Waals surface area contributed by atoms with Crippen LogP contribution in [0.15, 0.2) is 30.3 Å². The minimum atomic E-state index is -0.250. The summed E-state index contributed by atoms with van der Waals surface area (Å²) in [4.78, 5) is 0. The molecule has 0 spiro atoms. The summed E-state index contributed by atoms with van der Waals surface area (Å²) in [7, 11) is 1.60. The van der Waals surface area contributed by atoms with Gasteiger partial charge in [-0.25, -0.2) is 9.07 Å². The highest BCUT2D eigenvalue weighted by atomic mass is 35.5. The lowest BCUT2D eigenvalue weighted by atomic mass is 10.2. The highest BCUT2D eigenvalue weighted by molar-refractivity contribution is 6.29. The van der Waals surface area contributed by atoms with Crippen molar-refractivity contribution in [2.45, 2.75) is 13.2 Å². The number of halogens is 2. The number of hydrogen-bond donors (Lipinski definition) is 0. The smallest absolute Gasteiger partial charge is 0.127 e. The van der Waals surface area contributed by atoms with Crippen molar-refractivity contribution in [3.8, 4) is 0 Å². The van der Waals surface area contributed by atoms with E-state index in [0.717, 1.165) is 11.3 Å². The maximum Gasteiger partial charge on any atom is 0.127 e. The summed E-state index contributed by atoms with van der Waals surface area (Å²) in [5.41, 5.74) is 1.72. The van der Waals surface area contributed by atoms with E-state index in [9.17, 15) is 4.39 Å². The maximum atomic E-state index is 12.7. The molecule has 0 bridgehead atoms. The molecule has 0 radical (unpaired) electrons. The number of hydrogen-bond acceptors (Lipinski definition) is 2. The molecule has 0 unspecified atom stereocenters. The van der Waals surface area contributed by atoms with Crippen LogP contribution >= 0.6 is 11.6 Å². The summed E-state index contributed by atoms with van der Waals surface area (Å²) in [6.45, 7) is 0.943. The quantitative estimate of drug-likeness (QED) is 0.839. The van der Waals surface area contributed by atoms with Gasteiger partial charge in [0.15, 0.2) is 0 Å². The highest BCUT2D eigenvalue weighted by Gasteiger charge is 2.06. The van der Waals surface area contributed by atoms with Crippen LogP contribution in [0.5, 0.6) is 0 Å². The first-order valence-electron chi connectivity index (χ1n) is 5.14. The predicted octanol–water partition coefficient (Wildman–Crippen LogP) is 2.87. The molecule has 5 heteroatoms. The molecule has 17 heavy (non-hydrogen) atoms. The molecular weight excluding hydrogens is 243 g/mol. The number of methoxy groups -OCH3 is 1. The third-order valence-corrected chi connectivity index (χ3v) is 2.62. The van der Waals surface area contributed by atoms with Crippen molar-refractivity contribution in [2.24, 2.45) is 0 Å². The average Bonchev–Trinajstić information content (AvgIpc) is 2.63. The second-order valence-electron chi connectivity index (χ2n) is 3.68. The first-order chi connectivity index (χ1) is 8.19. The number of aromatic nitrogens is 2. The first kappa shape index (κ1) is 12.1. The summed E-state index contributed by atoms with van der Waals surface area (Å²) in [5.74, 6) is -0.250. The lowest BCUT2D eigenvalue weighted by Gasteiger charge is -2.03. The van der Waals surface area contributed by atoms with Gasteiger partial charge in [0.25, 0.3) is 0 Å². The van der Waals surface area contributed by atoms with Crippen LogP contribution in [-0.2, 0) is 17.9 Å². The van der Waals surface area contributed by atoms with Crippen molar-refractivity contribution in [1.82, 2.24) is 9.78 Å². The summed E-state index contributed by atoms with van der Waals surface area (Å²) in [5, 5.41) is 4.83. The molecule has 0 aliphatic carbocycles. The molecule has 3 nitrogen and oxygen atoms in total. The Morgan fingerprint density at radius 2 is 2.06 bits per heavy atom. The fourth-order valence-corrected chi connectivity index (χ4v) is 1.76. The molecule has 1 aromatic carbocycles. The zero-order valence-corrected chi connectivity index (χ0v) is 10.1. The number of rotatable bonds is 4. The van der Waals surface area contributed by atoms with E-state index < -0.39 is 0 Å². The third kappa shape index (κ3) is 3.05. The van der Waals surface area contributed by atoms with E-state index in [1.807, 2.05) is 0 Å². The molecule has 0 saturated heterocycles. The van der Waals surface area contributed by atoms with Gasteiger partial charge in [-0.15, -0.1) is 0 Å². The number of benzene rings is 1. The van der Waals surface area contributed by atoms with Gasteiger partial charge in [0.1, 0.15) is 11.0 Å². The minimum absolute atomic E-state index is 0.250. The zero-order valence-electron chi connectivity index (χ0n) is 9.36. The van der Waals surface area contributed by atoms with Crippen molar-refractivity contribution in [2.75, 3.05) is 7.11 Å². The topological polar surface area (TPSA) is 27.1 Å². The van der Waals surface area contributed by atoms with Gasteiger partial charge >= 0.3 is 0 Å². The van der Waals surface area contributed by atoms with Gasteiger partial charge in [-0.3, -0.25) is 0 Å². The molecule has 0 saturated carbocycles. The van der Waals surface area contributed by atoms with E-state index in [1.54, 1.807) is 30.0 Å². The second-order valence-corrected chi connectivity index (χ2v) is 4.06. The van der Waals surface area contributed by atoms with Crippen molar-refractivity contribution >= 4 is 11.6 Å². The molecule has 0 fully saturated rings. The Labute approximate surface area is 104 Å². The Morgan fingerprint density at radius 1 is 1.35 bits per heavy atom. The first-order valence-corrected chi connectivity index (χ1v) is 5.52. The fourth-order valence-electron chi connectivity index (χ4n) is 1.54. The van der Waals surface area contributed by atoms with Crippen LogP contribution in [0.1, 0.15) is 11.3 Å². The average molecular weight is 255 g/mol. The van der Waals surface area contributed by atoms with Gasteiger partial charge in [-0.05, 0) is 17.7 Å². The van der Waals surface area contributed by atoms with Gasteiger partial charge in [0, 0.05) is 13.2 Å². The molecule has 90 valence electrons. The summed E-state index contributed by atoms with van der Waals surface area (Å²) in [6.07, 6.45) is 0. The third-order valence-electron chi connectivity index (χ3n) is 2.32. The van der Waals surface area contributed by atoms with Gasteiger partial charge in [0.2, 0.25) is 0 Å². The van der Waals surface area contributed by atoms with E-state index in [4.69, 9.17) is 16.3 Å². The monoisotopic (exact) mass is 254 g/mol. The zero-order chi connectivity index (χ0) is 12.3. The fraction of sp³-hybridized carbons (Fsp3) is 0.250. The normalized spacial score (nSPS) is 10.8. The van der Waals surface area contributed by atoms with Crippen LogP contribution in [0.25, 0.3) is 0 Å². The molecule has 0 aliphatic rings. The number of ether oxygens (including phenoxy) is 1. The largest absolute Gasteiger partial charge is 0.378 e. The van der Waals surface area contributed by atoms with Crippen molar-refractivity contribution in [1.29, 1.82) is 0 Å². The van der Waals surface area contributed by atoms with Crippen molar-refractivity contribution in [3.63, 3.8) is 0 Å². The van der Waals surface area contributed by atoms with Crippen LogP contribution in [0.4, 0.5) is 4.39 Å². The van der Waals surface area contributed by atoms with Gasteiger partial charge < -0.3 is 4.74 Å². The molecular formula is C12H12ClFN2O. The lowest BCUT2D eigenvalue weighted by molar-refractivity contribution is 0.181. The standard InChI is InChI=1S/C12H12ClFN2O/c1-17-8-11-6-12(13)16(15-11)7-9-2-4-10(14)5-3-9/h2-6H,7-8H2,1H3. The Hall–Kier alpha value is -1.39. The van der Waals surface area contributed by atoms with Gasteiger partial charge in [0.05, 0.1) is 18.8 Å². The van der Waals surface area contributed by atoms with Crippen LogP contribution < -0.4 is 0 Å². The van der Waals surface area contributed by atoms with Crippen LogP contribution in [0.2, 0.25) is 5.15 Å². The molecule has 2 rings (SSSR count). The van der Waals surface area contributed by atoms with Gasteiger partial charge in [-0.1, -0.05) is 23.7 Å². The molecule has 1 heterocycles. The molecule has 1 aromatic heterocycles. The molecule has 0 atom stereocenters. The van der Waals surface area contributed by atoms with Crippen LogP contribution in [0, 0.1) is 5.82 Å². The van der Waals surface area contributed by atoms with E-state index >= 15 is 0 Å². The maximum absolute atomic E-state index is 12.7. The molecule has 0 amide bonds. The van der Waals surface area contributed by atoms with E-state index in [-0.39, 0.29) is 5.82 Å². The van der Waals surface area contributed by atoms with Crippen molar-refractivity contribution in [3.05, 3.63) is 52.6 Å². The Balaban J connectivity index is 2.15. The SMILES string of the molecule is COCc1cc(Cl)n(Cc2ccc(F)cc2)n1. The number of nitrogens with zero attached hydrogens (tertiary/aromatic N) is 2. The van der Waals surface area contributed by atoms with E-state index in [1.165, 1.54) is 12.1 Å². The molecule has 2 aromatic rings. The second kappa shape index (κ2) is 5.29. The minimum Gasteiger partial charge on any atom is -0.378 e. The lowest BCUT2D eigenvalue weighted by Crippen LogP contribution is -2.02. The summed E-state index contributed by atoms with van der Waals surface area (Å²) >= 11 is 6.03. The Bertz CT molecular complexity index is 496. The predicted molar refractivity (Wildman–Crippen MR) is 63.5 cm³/mol. The van der Waals surface area contributed by atoms with Crippen LogP contribution in [-0.4, -0.2) is 16.9 Å². The Morgan fingerprint density at radius 3 is 2.71 bits per heavy atom. The summed E-state index contributed by atoms with van der Waals surface area (Å²) < 4.78 is 19.4. The molecule has 0 aliphatic heterocycles. The molecule has 0 N–H and O–H groups in total. The van der Waals surface area contributed by atoms with Gasteiger partial charge in [-0.2, -0.15) is 5.10 Å². The van der Waals surface area contributed by atoms with Crippen molar-refractivity contribution < 1.29 is 9.13 Å². The summed E-state index contributed by atoms with van der Waals surface area (Å²) in [6, 6.07) is 8.02. The van der Waals surface area contributed by atoms with Crippen LogP contribution in [0.3, 0.4) is 0 Å². The van der Waals surface area contributed by atoms with E-state index in [0.29, 0.717) is 18.3 Å². The highest BCUT2D eigenvalue weighted by Crippen LogP contribution is 2.14.